The van der Waals surface area contributed by atoms with Gasteiger partial charge in [-0.25, -0.2) is 8.42 Å². The van der Waals surface area contributed by atoms with Gasteiger partial charge in [0.05, 0.1) is 4.90 Å². The summed E-state index contributed by atoms with van der Waals surface area (Å²) in [5.41, 5.74) is 10.1. The van der Waals surface area contributed by atoms with E-state index in [-0.39, 0.29) is 4.90 Å². The maximum Gasteiger partial charge on any atom is 0.264 e. The van der Waals surface area contributed by atoms with E-state index >= 15 is 0 Å². The normalized spacial score (nSPS) is 11.0. The number of para-hydroxylation sites is 1. The van der Waals surface area contributed by atoms with E-state index in [1.807, 2.05) is 42.5 Å². The summed E-state index contributed by atoms with van der Waals surface area (Å²) in [4.78, 5) is 2.39. The third kappa shape index (κ3) is 2.96. The number of hydrogen-bond donors (Lipinski definition) is 1. The van der Waals surface area contributed by atoms with Crippen molar-refractivity contribution < 1.29 is 8.42 Å². The van der Waals surface area contributed by atoms with Gasteiger partial charge in [0, 0.05) is 31.6 Å². The molecule has 0 radical (unpaired) electrons. The molecule has 0 fully saturated rings. The van der Waals surface area contributed by atoms with Gasteiger partial charge in [-0.3, -0.25) is 0 Å². The molecule has 0 saturated carbocycles. The van der Waals surface area contributed by atoms with Crippen molar-refractivity contribution in [1.29, 1.82) is 0 Å². The number of hydrogen-bond acceptors (Lipinski definition) is 3. The van der Waals surface area contributed by atoms with Gasteiger partial charge in [0.25, 0.3) is 10.0 Å². The van der Waals surface area contributed by atoms with E-state index in [4.69, 9.17) is 5.53 Å². The number of rotatable bonds is 4. The number of nitrogens with one attached hydrogen (secondary N) is 1. The van der Waals surface area contributed by atoms with E-state index in [0.29, 0.717) is 5.39 Å². The van der Waals surface area contributed by atoms with Crippen LogP contribution in [0.3, 0.4) is 0 Å². The summed E-state index contributed by atoms with van der Waals surface area (Å²) in [5.74, 6) is 0. The summed E-state index contributed by atoms with van der Waals surface area (Å²) in [6.07, 6.45) is 0. The van der Waals surface area contributed by atoms with Gasteiger partial charge >= 0.3 is 0 Å². The first-order valence-electron chi connectivity index (χ1n) is 6.77. The predicted octanol–water partition coefficient (Wildman–Crippen LogP) is 4.58. The number of benzene rings is 3. The van der Waals surface area contributed by atoms with Crippen LogP contribution < -0.4 is 5.32 Å². The van der Waals surface area contributed by atoms with Crippen LogP contribution >= 0.6 is 0 Å². The molecule has 23 heavy (non-hydrogen) atoms. The lowest BCUT2D eigenvalue weighted by Crippen LogP contribution is -1.98. The number of azide groups is 1. The van der Waals surface area contributed by atoms with E-state index < -0.39 is 10.0 Å². The van der Waals surface area contributed by atoms with E-state index in [9.17, 15) is 8.42 Å². The van der Waals surface area contributed by atoms with Gasteiger partial charge < -0.3 is 5.32 Å². The fourth-order valence-corrected chi connectivity index (χ4v) is 3.27. The van der Waals surface area contributed by atoms with Gasteiger partial charge in [-0.05, 0) is 29.8 Å². The first-order chi connectivity index (χ1) is 11.1. The fraction of sp³-hybridized carbons (Fsp3) is 0. The molecule has 1 N–H and O–H groups in total. The molecule has 0 amide bonds. The minimum atomic E-state index is -4.05. The molecule has 114 valence electrons. The Hall–Kier alpha value is -3.02. The molecule has 6 nitrogen and oxygen atoms in total. The van der Waals surface area contributed by atoms with Gasteiger partial charge in [-0.15, -0.1) is 0 Å². The molecular weight excluding hydrogens is 312 g/mol. The van der Waals surface area contributed by atoms with Crippen LogP contribution in [0.25, 0.3) is 21.2 Å². The zero-order valence-electron chi connectivity index (χ0n) is 11.9. The minimum absolute atomic E-state index is 0.00971. The molecule has 7 heteroatoms. The van der Waals surface area contributed by atoms with Crippen LogP contribution in [0.2, 0.25) is 0 Å². The highest BCUT2D eigenvalue weighted by atomic mass is 32.2. The molecule has 0 spiro atoms. The Morgan fingerprint density at radius 1 is 0.870 bits per heavy atom. The molecule has 3 aromatic rings. The molecule has 0 heterocycles. The van der Waals surface area contributed by atoms with Crippen LogP contribution in [0.1, 0.15) is 0 Å². The van der Waals surface area contributed by atoms with Crippen LogP contribution in [-0.4, -0.2) is 8.42 Å². The second-order valence-corrected chi connectivity index (χ2v) is 6.35. The molecule has 0 aliphatic rings. The summed E-state index contributed by atoms with van der Waals surface area (Å²) >= 11 is 0. The summed E-state index contributed by atoms with van der Waals surface area (Å²) < 4.78 is 27.1. The lowest BCUT2D eigenvalue weighted by Gasteiger charge is -2.11. The molecule has 0 aliphatic heterocycles. The SMILES string of the molecule is [N-]=[N+]=NS(=O)(=O)c1cccc2c(Nc3ccccc3)cccc12. The van der Waals surface area contributed by atoms with Crippen molar-refractivity contribution in [3.8, 4) is 0 Å². The third-order valence-electron chi connectivity index (χ3n) is 3.36. The third-order valence-corrected chi connectivity index (χ3v) is 4.56. The molecule has 0 aliphatic carbocycles. The Morgan fingerprint density at radius 3 is 2.30 bits per heavy atom. The number of anilines is 2. The lowest BCUT2D eigenvalue weighted by molar-refractivity contribution is 0.598. The molecule has 0 atom stereocenters. The van der Waals surface area contributed by atoms with Crippen LogP contribution in [0.4, 0.5) is 11.4 Å². The molecule has 0 saturated heterocycles. The Bertz CT molecular complexity index is 1010. The monoisotopic (exact) mass is 324 g/mol. The first-order valence-corrected chi connectivity index (χ1v) is 8.21. The van der Waals surface area contributed by atoms with E-state index in [2.05, 4.69) is 14.7 Å². The van der Waals surface area contributed by atoms with Crippen molar-refractivity contribution >= 4 is 32.2 Å². The number of nitrogens with zero attached hydrogens (tertiary/aromatic N) is 3. The number of fused-ring (bicyclic) bond motifs is 1. The highest BCUT2D eigenvalue weighted by Crippen LogP contribution is 2.31. The summed E-state index contributed by atoms with van der Waals surface area (Å²) in [7, 11) is -4.05. The highest BCUT2D eigenvalue weighted by molar-refractivity contribution is 7.90. The maximum absolute atomic E-state index is 12.1. The smallest absolute Gasteiger partial charge is 0.264 e. The van der Waals surface area contributed by atoms with Crippen molar-refractivity contribution in [3.05, 3.63) is 77.2 Å². The average Bonchev–Trinajstić information content (AvgIpc) is 2.55. The van der Waals surface area contributed by atoms with Crippen molar-refractivity contribution in [2.24, 2.45) is 4.52 Å². The lowest BCUT2D eigenvalue weighted by atomic mass is 10.1. The van der Waals surface area contributed by atoms with Crippen molar-refractivity contribution in [3.63, 3.8) is 0 Å². The van der Waals surface area contributed by atoms with E-state index in [1.54, 1.807) is 18.2 Å². The van der Waals surface area contributed by atoms with Crippen LogP contribution in [0.15, 0.2) is 76.1 Å². The minimum Gasteiger partial charge on any atom is -0.355 e. The Labute approximate surface area is 133 Å². The Balaban J connectivity index is 2.18. The summed E-state index contributed by atoms with van der Waals surface area (Å²) in [5, 5.41) is 4.49. The van der Waals surface area contributed by atoms with E-state index in [0.717, 1.165) is 16.8 Å². The molecule has 0 bridgehead atoms. The van der Waals surface area contributed by atoms with Crippen LogP contribution in [0.5, 0.6) is 0 Å². The van der Waals surface area contributed by atoms with Crippen molar-refractivity contribution in [2.75, 3.05) is 5.32 Å². The van der Waals surface area contributed by atoms with Gasteiger partial charge in [0.2, 0.25) is 0 Å². The highest BCUT2D eigenvalue weighted by Gasteiger charge is 2.16. The van der Waals surface area contributed by atoms with Gasteiger partial charge in [0.1, 0.15) is 0 Å². The molecule has 3 aromatic carbocycles. The molecule has 0 unspecified atom stereocenters. The van der Waals surface area contributed by atoms with Gasteiger partial charge in [-0.1, -0.05) is 42.5 Å². The maximum atomic E-state index is 12.1. The predicted molar refractivity (Wildman–Crippen MR) is 90.0 cm³/mol. The van der Waals surface area contributed by atoms with Crippen LogP contribution in [0, 0.1) is 0 Å². The second-order valence-electron chi connectivity index (χ2n) is 4.79. The quantitative estimate of drug-likeness (QED) is 0.432. The largest absolute Gasteiger partial charge is 0.355 e. The molecule has 0 aromatic heterocycles. The molecular formula is C16H12N4O2S. The molecule has 3 rings (SSSR count). The van der Waals surface area contributed by atoms with E-state index in [1.165, 1.54) is 6.07 Å². The second kappa shape index (κ2) is 6.00. The average molecular weight is 324 g/mol. The van der Waals surface area contributed by atoms with Gasteiger partial charge in [-0.2, -0.15) is 0 Å². The standard InChI is InChI=1S/C16H12N4O2S/c17-19-20-23(21,22)16-11-5-8-13-14(16)9-4-10-15(13)18-12-6-2-1-3-7-12/h1-11,18H. The number of sulfonamides is 1. The zero-order valence-corrected chi connectivity index (χ0v) is 12.7. The van der Waals surface area contributed by atoms with Crippen molar-refractivity contribution in [2.45, 2.75) is 4.90 Å². The summed E-state index contributed by atoms with van der Waals surface area (Å²) in [6, 6.07) is 19.7. The van der Waals surface area contributed by atoms with Crippen LogP contribution in [-0.2, 0) is 10.0 Å². The Morgan fingerprint density at radius 2 is 1.57 bits per heavy atom. The zero-order chi connectivity index (χ0) is 16.3. The Kier molecular flexibility index (Phi) is 3.89. The first kappa shape index (κ1) is 14.9. The fourth-order valence-electron chi connectivity index (χ4n) is 2.38. The topological polar surface area (TPSA) is 94.9 Å². The van der Waals surface area contributed by atoms with Gasteiger partial charge in [0.15, 0.2) is 0 Å². The van der Waals surface area contributed by atoms with Crippen molar-refractivity contribution in [1.82, 2.24) is 0 Å². The summed E-state index contributed by atoms with van der Waals surface area (Å²) in [6.45, 7) is 0.